The molecule has 0 aliphatic rings. The fourth-order valence-electron chi connectivity index (χ4n) is 2.45. The summed E-state index contributed by atoms with van der Waals surface area (Å²) in [6.07, 6.45) is 3.02. The Morgan fingerprint density at radius 1 is 1.20 bits per heavy atom. The molecule has 1 N–H and O–H groups in total. The van der Waals surface area contributed by atoms with Crippen LogP contribution in [0.25, 0.3) is 10.9 Å². The van der Waals surface area contributed by atoms with Gasteiger partial charge in [-0.3, -0.25) is 14.2 Å². The third-order valence-corrected chi connectivity index (χ3v) is 3.65. The lowest BCUT2D eigenvalue weighted by Gasteiger charge is -2.10. The number of hydrogen-bond donors (Lipinski definition) is 1. The number of amides is 1. The van der Waals surface area contributed by atoms with E-state index in [-0.39, 0.29) is 24.6 Å². The van der Waals surface area contributed by atoms with Crippen LogP contribution in [0.15, 0.2) is 53.7 Å². The summed E-state index contributed by atoms with van der Waals surface area (Å²) in [5, 5.41) is 3.26. The molecule has 128 valence electrons. The van der Waals surface area contributed by atoms with Crippen molar-refractivity contribution in [3.63, 3.8) is 0 Å². The average Bonchev–Trinajstić information content (AvgIpc) is 2.64. The SMILES string of the molecule is CCOc1ncccc1CNC(=O)Cn1cnc2ccccc2c1=O. The quantitative estimate of drug-likeness (QED) is 0.736. The van der Waals surface area contributed by atoms with Crippen molar-refractivity contribution in [3.05, 3.63) is 64.8 Å². The molecule has 7 nitrogen and oxygen atoms in total. The lowest BCUT2D eigenvalue weighted by atomic mass is 10.2. The van der Waals surface area contributed by atoms with E-state index in [2.05, 4.69) is 15.3 Å². The molecule has 0 bridgehead atoms. The second-order valence-electron chi connectivity index (χ2n) is 5.37. The Hall–Kier alpha value is -3.22. The fraction of sp³-hybridized carbons (Fsp3) is 0.222. The maximum atomic E-state index is 12.4. The number of carbonyl (C=O) groups excluding carboxylic acids is 1. The van der Waals surface area contributed by atoms with E-state index in [0.717, 1.165) is 5.56 Å². The topological polar surface area (TPSA) is 86.1 Å². The minimum atomic E-state index is -0.287. The maximum absolute atomic E-state index is 12.4. The van der Waals surface area contributed by atoms with Crippen molar-refractivity contribution in [2.75, 3.05) is 6.61 Å². The number of rotatable bonds is 6. The van der Waals surface area contributed by atoms with Crippen molar-refractivity contribution in [1.82, 2.24) is 19.9 Å². The van der Waals surface area contributed by atoms with Gasteiger partial charge in [0.05, 0.1) is 23.8 Å². The fourth-order valence-corrected chi connectivity index (χ4v) is 2.45. The van der Waals surface area contributed by atoms with Crippen LogP contribution in [0.1, 0.15) is 12.5 Å². The molecule has 0 saturated heterocycles. The number of fused-ring (bicyclic) bond motifs is 1. The molecule has 0 spiro atoms. The first-order valence-corrected chi connectivity index (χ1v) is 7.96. The number of nitrogens with zero attached hydrogens (tertiary/aromatic N) is 3. The number of ether oxygens (including phenoxy) is 1. The second kappa shape index (κ2) is 7.57. The number of pyridine rings is 1. The molecule has 0 saturated carbocycles. The normalized spacial score (nSPS) is 10.6. The van der Waals surface area contributed by atoms with Gasteiger partial charge in [0.1, 0.15) is 6.54 Å². The molecular weight excluding hydrogens is 320 g/mol. The van der Waals surface area contributed by atoms with Crippen LogP contribution in [0.3, 0.4) is 0 Å². The summed E-state index contributed by atoms with van der Waals surface area (Å²) in [5.41, 5.74) is 1.15. The van der Waals surface area contributed by atoms with Crippen LogP contribution in [-0.2, 0) is 17.9 Å². The van der Waals surface area contributed by atoms with Crippen molar-refractivity contribution < 1.29 is 9.53 Å². The van der Waals surface area contributed by atoms with Crippen LogP contribution in [0.2, 0.25) is 0 Å². The second-order valence-corrected chi connectivity index (χ2v) is 5.37. The minimum absolute atomic E-state index is 0.0963. The van der Waals surface area contributed by atoms with Gasteiger partial charge in [-0.2, -0.15) is 0 Å². The molecular formula is C18H18N4O3. The van der Waals surface area contributed by atoms with Crippen molar-refractivity contribution in [2.45, 2.75) is 20.0 Å². The summed E-state index contributed by atoms with van der Waals surface area (Å²) in [5.74, 6) is 0.209. The van der Waals surface area contributed by atoms with Gasteiger partial charge in [-0.05, 0) is 25.1 Å². The van der Waals surface area contributed by atoms with Crippen LogP contribution >= 0.6 is 0 Å². The summed E-state index contributed by atoms with van der Waals surface area (Å²) in [6.45, 7) is 2.55. The van der Waals surface area contributed by atoms with Crippen LogP contribution < -0.4 is 15.6 Å². The number of carbonyl (C=O) groups is 1. The highest BCUT2D eigenvalue weighted by molar-refractivity contribution is 5.78. The van der Waals surface area contributed by atoms with Crippen LogP contribution in [0, 0.1) is 0 Å². The molecule has 1 aromatic carbocycles. The zero-order valence-electron chi connectivity index (χ0n) is 13.8. The lowest BCUT2D eigenvalue weighted by molar-refractivity contribution is -0.121. The summed E-state index contributed by atoms with van der Waals surface area (Å²) in [7, 11) is 0. The molecule has 7 heteroatoms. The Balaban J connectivity index is 1.69. The smallest absolute Gasteiger partial charge is 0.261 e. The number of aromatic nitrogens is 3. The summed E-state index contributed by atoms with van der Waals surface area (Å²) in [4.78, 5) is 32.9. The Morgan fingerprint density at radius 2 is 2.04 bits per heavy atom. The maximum Gasteiger partial charge on any atom is 0.261 e. The third-order valence-electron chi connectivity index (χ3n) is 3.65. The van der Waals surface area contributed by atoms with Gasteiger partial charge < -0.3 is 10.1 Å². The van der Waals surface area contributed by atoms with Crippen molar-refractivity contribution in [2.24, 2.45) is 0 Å². The van der Waals surface area contributed by atoms with Gasteiger partial charge in [-0.15, -0.1) is 0 Å². The average molecular weight is 338 g/mol. The monoisotopic (exact) mass is 338 g/mol. The summed E-state index contributed by atoms with van der Waals surface area (Å²) < 4.78 is 6.72. The van der Waals surface area contributed by atoms with Crippen molar-refractivity contribution in [3.8, 4) is 5.88 Å². The van der Waals surface area contributed by atoms with Gasteiger partial charge in [0.25, 0.3) is 5.56 Å². The third kappa shape index (κ3) is 3.82. The van der Waals surface area contributed by atoms with E-state index in [1.54, 1.807) is 30.5 Å². The molecule has 1 amide bonds. The number of nitrogens with one attached hydrogen (secondary N) is 1. The zero-order valence-corrected chi connectivity index (χ0v) is 13.8. The molecule has 3 aromatic rings. The van der Waals surface area contributed by atoms with E-state index < -0.39 is 0 Å². The largest absolute Gasteiger partial charge is 0.478 e. The van der Waals surface area contributed by atoms with E-state index in [9.17, 15) is 9.59 Å². The van der Waals surface area contributed by atoms with Gasteiger partial charge >= 0.3 is 0 Å². The molecule has 0 aliphatic heterocycles. The van der Waals surface area contributed by atoms with Gasteiger partial charge in [-0.1, -0.05) is 18.2 Å². The molecule has 0 atom stereocenters. The first kappa shape index (κ1) is 16.6. The Kier molecular flexibility index (Phi) is 5.03. The van der Waals surface area contributed by atoms with Gasteiger partial charge in [-0.25, -0.2) is 9.97 Å². The predicted molar refractivity (Wildman–Crippen MR) is 93.3 cm³/mol. The lowest BCUT2D eigenvalue weighted by Crippen LogP contribution is -2.32. The van der Waals surface area contributed by atoms with E-state index in [1.807, 2.05) is 19.1 Å². The van der Waals surface area contributed by atoms with Crippen LogP contribution in [0.5, 0.6) is 5.88 Å². The van der Waals surface area contributed by atoms with Crippen molar-refractivity contribution >= 4 is 16.8 Å². The Bertz CT molecular complexity index is 952. The minimum Gasteiger partial charge on any atom is -0.478 e. The molecule has 0 fully saturated rings. The molecule has 0 aliphatic carbocycles. The molecule has 2 heterocycles. The van der Waals surface area contributed by atoms with E-state index in [4.69, 9.17) is 4.74 Å². The highest BCUT2D eigenvalue weighted by Gasteiger charge is 2.09. The van der Waals surface area contributed by atoms with Gasteiger partial charge in [0.2, 0.25) is 11.8 Å². The molecule has 0 radical (unpaired) electrons. The molecule has 0 unspecified atom stereocenters. The van der Waals surface area contributed by atoms with Crippen LogP contribution in [-0.4, -0.2) is 27.0 Å². The van der Waals surface area contributed by atoms with Gasteiger partial charge in [0, 0.05) is 18.3 Å². The highest BCUT2D eigenvalue weighted by atomic mass is 16.5. The molecule has 25 heavy (non-hydrogen) atoms. The first-order valence-electron chi connectivity index (χ1n) is 7.96. The summed E-state index contributed by atoms with van der Waals surface area (Å²) in [6, 6.07) is 10.7. The molecule has 2 aromatic heterocycles. The zero-order chi connectivity index (χ0) is 17.6. The molecule has 3 rings (SSSR count). The highest BCUT2D eigenvalue weighted by Crippen LogP contribution is 2.13. The van der Waals surface area contributed by atoms with Crippen molar-refractivity contribution in [1.29, 1.82) is 0 Å². The Labute approximate surface area is 144 Å². The number of para-hydroxylation sites is 1. The predicted octanol–water partition coefficient (Wildman–Crippen LogP) is 1.51. The number of benzene rings is 1. The van der Waals surface area contributed by atoms with E-state index in [1.165, 1.54) is 10.9 Å². The standard InChI is InChI=1S/C18H18N4O3/c1-2-25-17-13(6-5-9-19-17)10-20-16(23)11-22-12-21-15-8-4-3-7-14(15)18(22)24/h3-9,12H,2,10-11H2,1H3,(H,20,23). The van der Waals surface area contributed by atoms with Crippen LogP contribution in [0.4, 0.5) is 0 Å². The summed E-state index contributed by atoms with van der Waals surface area (Å²) >= 11 is 0. The number of hydrogen-bond acceptors (Lipinski definition) is 5. The van der Waals surface area contributed by atoms with E-state index in [0.29, 0.717) is 23.4 Å². The Morgan fingerprint density at radius 3 is 2.88 bits per heavy atom. The first-order chi connectivity index (χ1) is 12.2. The van der Waals surface area contributed by atoms with Gasteiger partial charge in [0.15, 0.2) is 0 Å². The van der Waals surface area contributed by atoms with E-state index >= 15 is 0 Å².